The van der Waals surface area contributed by atoms with Gasteiger partial charge in [-0.25, -0.2) is 0 Å². The Hall–Kier alpha value is -2.22. The van der Waals surface area contributed by atoms with Crippen molar-refractivity contribution < 1.29 is 9.47 Å². The van der Waals surface area contributed by atoms with Gasteiger partial charge in [-0.05, 0) is 30.2 Å². The number of hydrogen-bond donors (Lipinski definition) is 0. The number of hydrogen-bond acceptors (Lipinski definition) is 2. The summed E-state index contributed by atoms with van der Waals surface area (Å²) < 4.78 is 11.2. The molecule has 1 aliphatic rings. The molecule has 0 N–H and O–H groups in total. The first-order valence-electron chi connectivity index (χ1n) is 7.24. The van der Waals surface area contributed by atoms with Gasteiger partial charge in [0.05, 0.1) is 13.7 Å². The highest BCUT2D eigenvalue weighted by Gasteiger charge is 2.35. The van der Waals surface area contributed by atoms with E-state index in [4.69, 9.17) is 9.47 Å². The predicted octanol–water partition coefficient (Wildman–Crippen LogP) is 4.45. The summed E-state index contributed by atoms with van der Waals surface area (Å²) in [5, 5.41) is 0. The lowest BCUT2D eigenvalue weighted by molar-refractivity contribution is 0.279. The van der Waals surface area contributed by atoms with Gasteiger partial charge in [-0.3, -0.25) is 0 Å². The maximum Gasteiger partial charge on any atom is 0.123 e. The molecule has 0 aliphatic carbocycles. The molecule has 0 radical (unpaired) electrons. The van der Waals surface area contributed by atoms with Crippen LogP contribution in [0, 0.1) is 0 Å². The second-order valence-electron chi connectivity index (χ2n) is 5.73. The van der Waals surface area contributed by atoms with Gasteiger partial charge in [0, 0.05) is 11.0 Å². The van der Waals surface area contributed by atoms with Gasteiger partial charge >= 0.3 is 0 Å². The first kappa shape index (κ1) is 13.7. The maximum atomic E-state index is 5.83. The minimum atomic E-state index is 0.00908. The molecule has 1 unspecified atom stereocenters. The minimum Gasteiger partial charge on any atom is -0.497 e. The summed E-state index contributed by atoms with van der Waals surface area (Å²) in [4.78, 5) is 0. The fourth-order valence-corrected chi connectivity index (χ4v) is 2.74. The molecular formula is C19H20O2. The lowest BCUT2D eigenvalue weighted by atomic mass is 9.81. The van der Waals surface area contributed by atoms with Gasteiger partial charge in [-0.15, -0.1) is 0 Å². The van der Waals surface area contributed by atoms with Crippen molar-refractivity contribution >= 4 is 6.08 Å². The van der Waals surface area contributed by atoms with Gasteiger partial charge in [-0.2, -0.15) is 0 Å². The highest BCUT2D eigenvalue weighted by Crippen LogP contribution is 2.42. The van der Waals surface area contributed by atoms with Crippen LogP contribution in [0.5, 0.6) is 11.5 Å². The first-order valence-corrected chi connectivity index (χ1v) is 7.24. The molecule has 1 heterocycles. The Labute approximate surface area is 126 Å². The van der Waals surface area contributed by atoms with Crippen LogP contribution in [0.1, 0.15) is 24.5 Å². The van der Waals surface area contributed by atoms with Crippen molar-refractivity contribution in [3.05, 3.63) is 65.7 Å². The van der Waals surface area contributed by atoms with E-state index in [1.54, 1.807) is 7.11 Å². The quantitative estimate of drug-likeness (QED) is 0.823. The van der Waals surface area contributed by atoms with Crippen LogP contribution in [-0.4, -0.2) is 13.7 Å². The summed E-state index contributed by atoms with van der Waals surface area (Å²) in [6.45, 7) is 2.96. The van der Waals surface area contributed by atoms with Crippen molar-refractivity contribution in [3.63, 3.8) is 0 Å². The van der Waals surface area contributed by atoms with Crippen LogP contribution in [0.25, 0.3) is 6.08 Å². The third-order valence-corrected chi connectivity index (χ3v) is 4.06. The van der Waals surface area contributed by atoms with Crippen LogP contribution in [-0.2, 0) is 5.41 Å². The molecule has 0 spiro atoms. The van der Waals surface area contributed by atoms with Gasteiger partial charge in [0.1, 0.15) is 11.5 Å². The Morgan fingerprint density at radius 2 is 2.00 bits per heavy atom. The van der Waals surface area contributed by atoms with Crippen LogP contribution in [0.3, 0.4) is 0 Å². The largest absolute Gasteiger partial charge is 0.497 e. The van der Waals surface area contributed by atoms with Crippen molar-refractivity contribution in [2.75, 3.05) is 13.7 Å². The zero-order valence-electron chi connectivity index (χ0n) is 12.5. The summed E-state index contributed by atoms with van der Waals surface area (Å²) in [7, 11) is 1.70. The summed E-state index contributed by atoms with van der Waals surface area (Å²) in [5.74, 6) is 1.86. The molecule has 0 saturated heterocycles. The monoisotopic (exact) mass is 280 g/mol. The van der Waals surface area contributed by atoms with E-state index in [1.165, 1.54) is 11.1 Å². The van der Waals surface area contributed by atoms with E-state index in [2.05, 4.69) is 49.4 Å². The Morgan fingerprint density at radius 3 is 2.76 bits per heavy atom. The molecule has 0 fully saturated rings. The van der Waals surface area contributed by atoms with Crippen molar-refractivity contribution in [2.45, 2.75) is 18.8 Å². The molecule has 0 aromatic heterocycles. The van der Waals surface area contributed by atoms with Gasteiger partial charge < -0.3 is 9.47 Å². The standard InChI is InChI=1S/C19H20O2/c1-19(12-6-9-15-7-4-3-5-8-15)14-21-18-11-10-16(20-2)13-17(18)19/h3-11,13H,12,14H2,1-2H3/b9-6+. The normalized spacial score (nSPS) is 20.3. The van der Waals surface area contributed by atoms with Crippen LogP contribution < -0.4 is 9.47 Å². The van der Waals surface area contributed by atoms with Crippen LogP contribution in [0.2, 0.25) is 0 Å². The Balaban J connectivity index is 1.79. The summed E-state index contributed by atoms with van der Waals surface area (Å²) in [5.41, 5.74) is 2.47. The molecule has 21 heavy (non-hydrogen) atoms. The summed E-state index contributed by atoms with van der Waals surface area (Å²) >= 11 is 0. The van der Waals surface area contributed by atoms with Crippen LogP contribution in [0.4, 0.5) is 0 Å². The highest BCUT2D eigenvalue weighted by molar-refractivity contribution is 5.51. The van der Waals surface area contributed by atoms with Gasteiger partial charge in [0.2, 0.25) is 0 Å². The van der Waals surface area contributed by atoms with E-state index in [1.807, 2.05) is 18.2 Å². The number of fused-ring (bicyclic) bond motifs is 1. The highest BCUT2D eigenvalue weighted by atomic mass is 16.5. The van der Waals surface area contributed by atoms with E-state index in [-0.39, 0.29) is 5.41 Å². The van der Waals surface area contributed by atoms with Crippen molar-refractivity contribution in [3.8, 4) is 11.5 Å². The molecule has 2 aromatic rings. The molecule has 0 saturated carbocycles. The molecule has 108 valence electrons. The topological polar surface area (TPSA) is 18.5 Å². The van der Waals surface area contributed by atoms with Crippen molar-refractivity contribution in [1.29, 1.82) is 0 Å². The van der Waals surface area contributed by atoms with Crippen molar-refractivity contribution in [1.82, 2.24) is 0 Å². The predicted molar refractivity (Wildman–Crippen MR) is 85.9 cm³/mol. The molecule has 3 rings (SSSR count). The van der Waals surface area contributed by atoms with Gasteiger partial charge in [0.15, 0.2) is 0 Å². The summed E-state index contributed by atoms with van der Waals surface area (Å²) in [6.07, 6.45) is 5.35. The first-order chi connectivity index (χ1) is 10.2. The maximum absolute atomic E-state index is 5.83. The van der Waals surface area contributed by atoms with Gasteiger partial charge in [0.25, 0.3) is 0 Å². The molecule has 2 nitrogen and oxygen atoms in total. The molecular weight excluding hydrogens is 260 g/mol. The third-order valence-electron chi connectivity index (χ3n) is 4.06. The van der Waals surface area contributed by atoms with E-state index in [0.717, 1.165) is 17.9 Å². The molecule has 2 heteroatoms. The SMILES string of the molecule is COc1ccc2c(c1)C(C)(C/C=C/c1ccccc1)CO2. The zero-order valence-corrected chi connectivity index (χ0v) is 12.5. The molecule has 1 atom stereocenters. The molecule has 2 aromatic carbocycles. The van der Waals surface area contributed by atoms with E-state index in [0.29, 0.717) is 6.61 Å². The van der Waals surface area contributed by atoms with Crippen molar-refractivity contribution in [2.24, 2.45) is 0 Å². The number of rotatable bonds is 4. The Bertz CT molecular complexity index is 646. The average Bonchev–Trinajstić information content (AvgIpc) is 2.85. The lowest BCUT2D eigenvalue weighted by Crippen LogP contribution is -2.22. The number of allylic oxidation sites excluding steroid dienone is 1. The minimum absolute atomic E-state index is 0.00908. The van der Waals surface area contributed by atoms with Gasteiger partial charge in [-0.1, -0.05) is 49.4 Å². The van der Waals surface area contributed by atoms with E-state index in [9.17, 15) is 0 Å². The second-order valence-corrected chi connectivity index (χ2v) is 5.73. The zero-order chi connectivity index (χ0) is 14.7. The number of benzene rings is 2. The third kappa shape index (κ3) is 2.80. The summed E-state index contributed by atoms with van der Waals surface area (Å²) in [6, 6.07) is 16.4. The second kappa shape index (κ2) is 5.65. The molecule has 1 aliphatic heterocycles. The van der Waals surface area contributed by atoms with Crippen LogP contribution >= 0.6 is 0 Å². The average molecular weight is 280 g/mol. The van der Waals surface area contributed by atoms with Crippen LogP contribution in [0.15, 0.2) is 54.6 Å². The Kier molecular flexibility index (Phi) is 3.70. The molecule has 0 bridgehead atoms. The number of ether oxygens (including phenoxy) is 2. The van der Waals surface area contributed by atoms with E-state index < -0.39 is 0 Å². The van der Waals surface area contributed by atoms with E-state index >= 15 is 0 Å². The number of methoxy groups -OCH3 is 1. The lowest BCUT2D eigenvalue weighted by Gasteiger charge is -2.21. The Morgan fingerprint density at radius 1 is 1.19 bits per heavy atom. The fraction of sp³-hybridized carbons (Fsp3) is 0.263. The fourth-order valence-electron chi connectivity index (χ4n) is 2.74. The molecule has 0 amide bonds. The smallest absolute Gasteiger partial charge is 0.123 e.